The molecule has 1 aromatic rings. The molecule has 0 atom stereocenters. The Labute approximate surface area is 135 Å². The zero-order chi connectivity index (χ0) is 14.0. The van der Waals surface area contributed by atoms with Crippen LogP contribution in [-0.4, -0.2) is 13.1 Å². The van der Waals surface area contributed by atoms with Gasteiger partial charge in [-0.2, -0.15) is 0 Å². The summed E-state index contributed by atoms with van der Waals surface area (Å²) in [5.74, 6) is 0.601. The molecule has 1 heterocycles. The van der Waals surface area contributed by atoms with Crippen molar-refractivity contribution in [1.82, 2.24) is 0 Å². The highest BCUT2D eigenvalue weighted by atomic mass is 79.9. The Kier molecular flexibility index (Phi) is 4.62. The number of hydrogen-bond donors (Lipinski definition) is 0. The minimum Gasteiger partial charge on any atom is -0.371 e. The lowest BCUT2D eigenvalue weighted by atomic mass is 9.68. The number of hydrogen-bond acceptors (Lipinski definition) is 1. The molecule has 0 aromatic heterocycles. The SMILES string of the molecule is ClCc1ccc(Br)cc1N1CCC2(CCCCC2)CC1. The fraction of sp³-hybridized carbons (Fsp3) is 0.647. The second kappa shape index (κ2) is 6.27. The molecule has 1 aromatic carbocycles. The van der Waals surface area contributed by atoms with Crippen LogP contribution in [0.15, 0.2) is 22.7 Å². The summed E-state index contributed by atoms with van der Waals surface area (Å²) in [6.07, 6.45) is 9.99. The van der Waals surface area contributed by atoms with Crippen molar-refractivity contribution in [2.45, 2.75) is 50.8 Å². The third-order valence-corrected chi connectivity index (χ3v) is 6.05. The third-order valence-electron chi connectivity index (χ3n) is 5.27. The topological polar surface area (TPSA) is 3.24 Å². The molecular weight excluding hydrogens is 334 g/mol. The molecule has 1 nitrogen and oxygen atoms in total. The lowest BCUT2D eigenvalue weighted by Crippen LogP contribution is -2.41. The van der Waals surface area contributed by atoms with E-state index in [-0.39, 0.29) is 0 Å². The number of nitrogens with zero attached hydrogens (tertiary/aromatic N) is 1. The van der Waals surface area contributed by atoms with E-state index in [0.717, 1.165) is 4.47 Å². The van der Waals surface area contributed by atoms with Crippen LogP contribution in [0.2, 0.25) is 0 Å². The molecule has 0 radical (unpaired) electrons. The van der Waals surface area contributed by atoms with Crippen molar-refractivity contribution in [3.05, 3.63) is 28.2 Å². The molecule has 2 aliphatic rings. The largest absolute Gasteiger partial charge is 0.371 e. The normalized spacial score (nSPS) is 22.2. The fourth-order valence-electron chi connectivity index (χ4n) is 3.97. The lowest BCUT2D eigenvalue weighted by Gasteiger charge is -2.45. The summed E-state index contributed by atoms with van der Waals surface area (Å²) >= 11 is 9.70. The number of rotatable bonds is 2. The van der Waals surface area contributed by atoms with Gasteiger partial charge in [-0.1, -0.05) is 41.3 Å². The number of halogens is 2. The molecule has 3 rings (SSSR count). The first-order valence-electron chi connectivity index (χ1n) is 7.82. The van der Waals surface area contributed by atoms with Crippen molar-refractivity contribution < 1.29 is 0 Å². The molecule has 0 bridgehead atoms. The molecule has 2 fully saturated rings. The Hall–Kier alpha value is -0.210. The summed E-state index contributed by atoms with van der Waals surface area (Å²) in [7, 11) is 0. The van der Waals surface area contributed by atoms with E-state index in [4.69, 9.17) is 11.6 Å². The van der Waals surface area contributed by atoms with Crippen molar-refractivity contribution in [2.75, 3.05) is 18.0 Å². The van der Waals surface area contributed by atoms with Gasteiger partial charge in [0, 0.05) is 29.1 Å². The van der Waals surface area contributed by atoms with Crippen LogP contribution >= 0.6 is 27.5 Å². The zero-order valence-corrected chi connectivity index (χ0v) is 14.3. The summed E-state index contributed by atoms with van der Waals surface area (Å²) in [6.45, 7) is 2.39. The summed E-state index contributed by atoms with van der Waals surface area (Å²) in [5, 5.41) is 0. The molecule has 1 aliphatic carbocycles. The Bertz CT molecular complexity index is 458. The Balaban J connectivity index is 1.73. The van der Waals surface area contributed by atoms with Crippen molar-refractivity contribution in [3.63, 3.8) is 0 Å². The van der Waals surface area contributed by atoms with Gasteiger partial charge in [-0.3, -0.25) is 0 Å². The standard InChI is InChI=1S/C17H23BrClN/c18-15-5-4-14(13-19)16(12-15)20-10-8-17(9-11-20)6-2-1-3-7-17/h4-5,12H,1-3,6-11,13H2. The first-order chi connectivity index (χ1) is 9.72. The molecule has 1 aliphatic heterocycles. The molecule has 0 amide bonds. The van der Waals surface area contributed by atoms with Gasteiger partial charge in [-0.15, -0.1) is 11.6 Å². The van der Waals surface area contributed by atoms with E-state index in [9.17, 15) is 0 Å². The number of anilines is 1. The molecule has 0 unspecified atom stereocenters. The first-order valence-corrected chi connectivity index (χ1v) is 9.15. The van der Waals surface area contributed by atoms with Gasteiger partial charge in [0.05, 0.1) is 0 Å². The highest BCUT2D eigenvalue weighted by molar-refractivity contribution is 9.10. The van der Waals surface area contributed by atoms with Crippen LogP contribution in [0.25, 0.3) is 0 Å². The van der Waals surface area contributed by atoms with E-state index in [2.05, 4.69) is 39.0 Å². The quantitative estimate of drug-likeness (QED) is 0.611. The summed E-state index contributed by atoms with van der Waals surface area (Å²) in [5.41, 5.74) is 3.26. The predicted octanol–water partition coefficient (Wildman–Crippen LogP) is 5.74. The van der Waals surface area contributed by atoms with Crippen LogP contribution in [0.3, 0.4) is 0 Å². The molecule has 1 saturated carbocycles. The lowest BCUT2D eigenvalue weighted by molar-refractivity contribution is 0.144. The summed E-state index contributed by atoms with van der Waals surface area (Å²) in [6, 6.07) is 6.47. The summed E-state index contributed by atoms with van der Waals surface area (Å²) in [4.78, 5) is 2.54. The second-order valence-electron chi connectivity index (χ2n) is 6.45. The second-order valence-corrected chi connectivity index (χ2v) is 7.64. The van der Waals surface area contributed by atoms with Gasteiger partial charge in [-0.05, 0) is 48.8 Å². The Morgan fingerprint density at radius 3 is 2.40 bits per heavy atom. The molecule has 0 N–H and O–H groups in total. The van der Waals surface area contributed by atoms with Crippen molar-refractivity contribution in [1.29, 1.82) is 0 Å². The molecule has 3 heteroatoms. The van der Waals surface area contributed by atoms with Crippen LogP contribution in [0.4, 0.5) is 5.69 Å². The maximum absolute atomic E-state index is 6.10. The zero-order valence-electron chi connectivity index (χ0n) is 12.0. The summed E-state index contributed by atoms with van der Waals surface area (Å²) < 4.78 is 1.15. The van der Waals surface area contributed by atoms with Crippen LogP contribution in [0.1, 0.15) is 50.5 Å². The van der Waals surface area contributed by atoms with Crippen molar-refractivity contribution in [3.8, 4) is 0 Å². The number of benzene rings is 1. The van der Waals surface area contributed by atoms with E-state index in [0.29, 0.717) is 11.3 Å². The van der Waals surface area contributed by atoms with Crippen LogP contribution in [0, 0.1) is 5.41 Å². The van der Waals surface area contributed by atoms with Gasteiger partial charge < -0.3 is 4.90 Å². The minimum atomic E-state index is 0.601. The van der Waals surface area contributed by atoms with Gasteiger partial charge in [0.1, 0.15) is 0 Å². The maximum atomic E-state index is 6.10. The van der Waals surface area contributed by atoms with Crippen LogP contribution in [-0.2, 0) is 5.88 Å². The van der Waals surface area contributed by atoms with E-state index in [1.807, 2.05) is 0 Å². The van der Waals surface area contributed by atoms with E-state index < -0.39 is 0 Å². The molecule has 1 spiro atoms. The monoisotopic (exact) mass is 355 g/mol. The predicted molar refractivity (Wildman–Crippen MR) is 90.7 cm³/mol. The molecule has 20 heavy (non-hydrogen) atoms. The minimum absolute atomic E-state index is 0.601. The average Bonchev–Trinajstić information content (AvgIpc) is 2.49. The number of alkyl halides is 1. The molecular formula is C17H23BrClN. The van der Waals surface area contributed by atoms with E-state index >= 15 is 0 Å². The van der Waals surface area contributed by atoms with Crippen molar-refractivity contribution >= 4 is 33.2 Å². The third kappa shape index (κ3) is 3.01. The average molecular weight is 357 g/mol. The van der Waals surface area contributed by atoms with Gasteiger partial charge in [0.25, 0.3) is 0 Å². The van der Waals surface area contributed by atoms with Crippen LogP contribution < -0.4 is 4.90 Å². The number of piperidine rings is 1. The van der Waals surface area contributed by atoms with Gasteiger partial charge in [-0.25, -0.2) is 0 Å². The van der Waals surface area contributed by atoms with Gasteiger partial charge in [0.15, 0.2) is 0 Å². The van der Waals surface area contributed by atoms with E-state index in [1.54, 1.807) is 0 Å². The highest BCUT2D eigenvalue weighted by Crippen LogP contribution is 2.45. The smallest absolute Gasteiger partial charge is 0.0494 e. The Morgan fingerprint density at radius 1 is 1.05 bits per heavy atom. The van der Waals surface area contributed by atoms with Crippen LogP contribution in [0.5, 0.6) is 0 Å². The fourth-order valence-corrected chi connectivity index (χ4v) is 4.54. The molecule has 1 saturated heterocycles. The first kappa shape index (κ1) is 14.7. The van der Waals surface area contributed by atoms with Gasteiger partial charge in [0.2, 0.25) is 0 Å². The van der Waals surface area contributed by atoms with Crippen molar-refractivity contribution in [2.24, 2.45) is 5.41 Å². The highest BCUT2D eigenvalue weighted by Gasteiger charge is 2.35. The molecule has 110 valence electrons. The van der Waals surface area contributed by atoms with Gasteiger partial charge >= 0.3 is 0 Å². The van der Waals surface area contributed by atoms with E-state index in [1.165, 1.54) is 69.3 Å². The maximum Gasteiger partial charge on any atom is 0.0494 e. The Morgan fingerprint density at radius 2 is 1.75 bits per heavy atom.